The Bertz CT molecular complexity index is 491. The maximum absolute atomic E-state index is 12.3. The fourth-order valence-electron chi connectivity index (χ4n) is 2.59. The van der Waals surface area contributed by atoms with Crippen molar-refractivity contribution < 1.29 is 19.8 Å². The van der Waals surface area contributed by atoms with Crippen LogP contribution in [0.3, 0.4) is 0 Å². The molecule has 2 N–H and O–H groups in total. The number of carbonyl (C=O) groups is 2. The van der Waals surface area contributed by atoms with Crippen molar-refractivity contribution in [1.82, 2.24) is 4.90 Å². The van der Waals surface area contributed by atoms with E-state index in [1.165, 1.54) is 4.90 Å². The second-order valence-corrected chi connectivity index (χ2v) is 10.4. The molecule has 1 aliphatic heterocycles. The molecule has 1 aromatic carbocycles. The SMILES string of the molecule is C[Si](CCO)(CCO)CN1C(=O)c2ccccc2C1=O. The summed E-state index contributed by atoms with van der Waals surface area (Å²) < 4.78 is 0. The van der Waals surface area contributed by atoms with Crippen molar-refractivity contribution in [3.63, 3.8) is 0 Å². The van der Waals surface area contributed by atoms with Gasteiger partial charge in [0.15, 0.2) is 0 Å². The summed E-state index contributed by atoms with van der Waals surface area (Å²) in [5.74, 6) is -0.527. The van der Waals surface area contributed by atoms with Crippen molar-refractivity contribution in [2.75, 3.05) is 19.4 Å². The number of nitrogens with zero attached hydrogens (tertiary/aromatic N) is 1. The zero-order valence-electron chi connectivity index (χ0n) is 11.5. The highest BCUT2D eigenvalue weighted by Gasteiger charge is 2.40. The number of carbonyl (C=O) groups excluding carboxylic acids is 2. The molecule has 2 amide bonds. The monoisotopic (exact) mass is 293 g/mol. The molecule has 20 heavy (non-hydrogen) atoms. The number of aliphatic hydroxyl groups is 2. The van der Waals surface area contributed by atoms with Crippen LogP contribution < -0.4 is 0 Å². The van der Waals surface area contributed by atoms with Gasteiger partial charge < -0.3 is 10.2 Å². The van der Waals surface area contributed by atoms with Gasteiger partial charge in [0.2, 0.25) is 0 Å². The van der Waals surface area contributed by atoms with Gasteiger partial charge in [-0.25, -0.2) is 0 Å². The van der Waals surface area contributed by atoms with Crippen LogP contribution in [0.1, 0.15) is 20.7 Å². The van der Waals surface area contributed by atoms with E-state index < -0.39 is 8.07 Å². The van der Waals surface area contributed by atoms with E-state index >= 15 is 0 Å². The molecule has 108 valence electrons. The van der Waals surface area contributed by atoms with Crippen molar-refractivity contribution >= 4 is 19.9 Å². The van der Waals surface area contributed by atoms with E-state index in [4.69, 9.17) is 0 Å². The minimum atomic E-state index is -2.05. The molecular weight excluding hydrogens is 274 g/mol. The van der Waals surface area contributed by atoms with Crippen LogP contribution in [-0.4, -0.2) is 54.4 Å². The number of hydrogen-bond acceptors (Lipinski definition) is 4. The Kier molecular flexibility index (Phi) is 4.37. The second-order valence-electron chi connectivity index (χ2n) is 5.50. The molecule has 1 aliphatic rings. The molecule has 0 bridgehead atoms. The summed E-state index contributed by atoms with van der Waals surface area (Å²) in [7, 11) is -2.05. The van der Waals surface area contributed by atoms with Gasteiger partial charge in [0.05, 0.1) is 19.2 Å². The van der Waals surface area contributed by atoms with Crippen LogP contribution in [0.4, 0.5) is 0 Å². The predicted molar refractivity (Wildman–Crippen MR) is 77.2 cm³/mol. The van der Waals surface area contributed by atoms with E-state index in [1.807, 2.05) is 6.55 Å². The van der Waals surface area contributed by atoms with Gasteiger partial charge in [-0.15, -0.1) is 0 Å². The van der Waals surface area contributed by atoms with Crippen molar-refractivity contribution in [2.45, 2.75) is 18.6 Å². The molecule has 5 nitrogen and oxygen atoms in total. The van der Waals surface area contributed by atoms with Gasteiger partial charge in [0.1, 0.15) is 0 Å². The van der Waals surface area contributed by atoms with Crippen LogP contribution in [0.25, 0.3) is 0 Å². The minimum Gasteiger partial charge on any atom is -0.397 e. The van der Waals surface area contributed by atoms with E-state index in [1.54, 1.807) is 24.3 Å². The Morgan fingerprint density at radius 3 is 1.85 bits per heavy atom. The summed E-state index contributed by atoms with van der Waals surface area (Å²) in [6.07, 6.45) is 0.348. The number of imide groups is 1. The molecule has 0 aromatic heterocycles. The third-order valence-electron chi connectivity index (χ3n) is 3.85. The lowest BCUT2D eigenvalue weighted by molar-refractivity contribution is 0.0676. The Morgan fingerprint density at radius 1 is 1.00 bits per heavy atom. The first kappa shape index (κ1) is 14.9. The zero-order valence-corrected chi connectivity index (χ0v) is 12.5. The fourth-order valence-corrected chi connectivity index (χ4v) is 5.28. The standard InChI is InChI=1S/C14H19NO4Si/c1-20(8-6-16,9-7-17)10-15-13(18)11-4-2-3-5-12(11)14(15)19/h2-5,16-17H,6-10H2,1H3. The fraction of sp³-hybridized carbons (Fsp3) is 0.429. The summed E-state index contributed by atoms with van der Waals surface area (Å²) in [5.41, 5.74) is 0.892. The van der Waals surface area contributed by atoms with Gasteiger partial charge in [-0.2, -0.15) is 0 Å². The number of aliphatic hydroxyl groups excluding tert-OH is 2. The maximum atomic E-state index is 12.3. The van der Waals surface area contributed by atoms with Crippen molar-refractivity contribution in [3.8, 4) is 0 Å². The first-order valence-corrected chi connectivity index (χ1v) is 9.81. The van der Waals surface area contributed by atoms with E-state index in [-0.39, 0.29) is 25.0 Å². The van der Waals surface area contributed by atoms with Crippen molar-refractivity contribution in [2.24, 2.45) is 0 Å². The zero-order chi connectivity index (χ0) is 14.8. The lowest BCUT2D eigenvalue weighted by Gasteiger charge is -2.30. The Labute approximate surface area is 118 Å². The smallest absolute Gasteiger partial charge is 0.261 e. The highest BCUT2D eigenvalue weighted by molar-refractivity contribution is 6.79. The number of hydrogen-bond donors (Lipinski definition) is 2. The first-order valence-electron chi connectivity index (χ1n) is 6.69. The molecule has 6 heteroatoms. The average molecular weight is 293 g/mol. The first-order chi connectivity index (χ1) is 9.52. The van der Waals surface area contributed by atoms with Crippen molar-refractivity contribution in [1.29, 1.82) is 0 Å². The number of amides is 2. The van der Waals surface area contributed by atoms with Crippen LogP contribution in [-0.2, 0) is 0 Å². The van der Waals surface area contributed by atoms with Crippen LogP contribution in [0.2, 0.25) is 18.6 Å². The van der Waals surface area contributed by atoms with Crippen molar-refractivity contribution in [3.05, 3.63) is 35.4 Å². The molecule has 0 saturated heterocycles. The van der Waals surface area contributed by atoms with Gasteiger partial charge >= 0.3 is 0 Å². The van der Waals surface area contributed by atoms with E-state index in [9.17, 15) is 19.8 Å². The topological polar surface area (TPSA) is 77.8 Å². The maximum Gasteiger partial charge on any atom is 0.261 e. The van der Waals surface area contributed by atoms with Crippen LogP contribution in [0.5, 0.6) is 0 Å². The molecule has 1 aromatic rings. The molecule has 1 heterocycles. The Hall–Kier alpha value is -1.50. The third kappa shape index (κ3) is 2.67. The summed E-state index contributed by atoms with van der Waals surface area (Å²) in [6.45, 7) is 2.04. The minimum absolute atomic E-state index is 0.0197. The third-order valence-corrected chi connectivity index (χ3v) is 7.79. The van der Waals surface area contributed by atoms with E-state index in [0.717, 1.165) is 0 Å². The average Bonchev–Trinajstić information content (AvgIpc) is 2.65. The summed E-state index contributed by atoms with van der Waals surface area (Å²) >= 11 is 0. The number of fused-ring (bicyclic) bond motifs is 1. The molecule has 0 spiro atoms. The lowest BCUT2D eigenvalue weighted by Crippen LogP contribution is -2.48. The largest absolute Gasteiger partial charge is 0.397 e. The predicted octanol–water partition coefficient (Wildman–Crippen LogP) is 0.885. The number of benzene rings is 1. The molecule has 0 aliphatic carbocycles. The molecular formula is C14H19NO4Si. The van der Waals surface area contributed by atoms with Crippen LogP contribution in [0.15, 0.2) is 24.3 Å². The highest BCUT2D eigenvalue weighted by atomic mass is 28.3. The lowest BCUT2D eigenvalue weighted by atomic mass is 10.1. The van der Waals surface area contributed by atoms with Gasteiger partial charge in [-0.05, 0) is 24.2 Å². The van der Waals surface area contributed by atoms with Gasteiger partial charge in [0.25, 0.3) is 11.8 Å². The summed E-state index contributed by atoms with van der Waals surface area (Å²) in [6, 6.07) is 7.94. The Morgan fingerprint density at radius 2 is 1.45 bits per heavy atom. The quantitative estimate of drug-likeness (QED) is 0.603. The molecule has 2 rings (SSSR count). The van der Waals surface area contributed by atoms with Gasteiger partial charge in [0, 0.05) is 19.4 Å². The molecule has 0 saturated carbocycles. The highest BCUT2D eigenvalue weighted by Crippen LogP contribution is 2.26. The molecule has 0 atom stereocenters. The van der Waals surface area contributed by atoms with Crippen LogP contribution >= 0.6 is 0 Å². The van der Waals surface area contributed by atoms with Gasteiger partial charge in [-0.1, -0.05) is 18.7 Å². The summed E-state index contributed by atoms with van der Waals surface area (Å²) in [4.78, 5) is 25.9. The van der Waals surface area contributed by atoms with Gasteiger partial charge in [-0.3, -0.25) is 14.5 Å². The normalized spacial score (nSPS) is 14.8. The molecule has 0 radical (unpaired) electrons. The number of rotatable bonds is 6. The second kappa shape index (κ2) is 5.86. The Balaban J connectivity index is 2.23. The molecule has 0 fully saturated rings. The van der Waals surface area contributed by atoms with Crippen LogP contribution in [0, 0.1) is 0 Å². The summed E-state index contributed by atoms with van der Waals surface area (Å²) in [5, 5.41) is 18.3. The molecule has 0 unspecified atom stereocenters. The van der Waals surface area contributed by atoms with E-state index in [2.05, 4.69) is 0 Å². The van der Waals surface area contributed by atoms with E-state index in [0.29, 0.717) is 29.4 Å².